The largest absolute Gasteiger partial charge is 0.494 e. The number of para-hydroxylation sites is 1. The van der Waals surface area contributed by atoms with Gasteiger partial charge in [0.1, 0.15) is 12.2 Å². The van der Waals surface area contributed by atoms with E-state index in [9.17, 15) is 9.59 Å². The maximum absolute atomic E-state index is 13.6. The van der Waals surface area contributed by atoms with Gasteiger partial charge in [0.2, 0.25) is 11.8 Å². The maximum Gasteiger partial charge on any atom is 0.236 e. The number of nitrogens with one attached hydrogen (secondary N) is 1. The number of carbonyl (C=O) groups excluding carboxylic acids is 2. The average Bonchev–Trinajstić information content (AvgIpc) is 2.73. The zero-order chi connectivity index (χ0) is 25.2. The third-order valence-electron chi connectivity index (χ3n) is 6.69. The van der Waals surface area contributed by atoms with Crippen LogP contribution in [0.25, 0.3) is 0 Å². The molecule has 184 valence electrons. The first-order chi connectivity index (χ1) is 16.0. The second-order valence-electron chi connectivity index (χ2n) is 10.6. The van der Waals surface area contributed by atoms with Crippen LogP contribution in [-0.2, 0) is 9.59 Å². The fourth-order valence-corrected chi connectivity index (χ4v) is 5.23. The number of ether oxygens (including phenoxy) is 1. The molecule has 5 nitrogen and oxygen atoms in total. The van der Waals surface area contributed by atoms with Crippen molar-refractivity contribution < 1.29 is 14.3 Å². The van der Waals surface area contributed by atoms with E-state index in [-0.39, 0.29) is 36.0 Å². The van der Waals surface area contributed by atoms with Crippen molar-refractivity contribution in [1.29, 1.82) is 0 Å². The van der Waals surface area contributed by atoms with Crippen molar-refractivity contribution in [3.05, 3.63) is 53.1 Å². The van der Waals surface area contributed by atoms with Gasteiger partial charge in [0.25, 0.3) is 0 Å². The molecule has 2 aromatic rings. The molecule has 5 heteroatoms. The number of hydrogen-bond acceptors (Lipinski definition) is 3. The van der Waals surface area contributed by atoms with Crippen LogP contribution in [0.5, 0.6) is 5.75 Å². The summed E-state index contributed by atoms with van der Waals surface area (Å²) in [5.41, 5.74) is 4.59. The van der Waals surface area contributed by atoms with Crippen molar-refractivity contribution in [2.24, 2.45) is 0 Å². The predicted molar refractivity (Wildman–Crippen MR) is 140 cm³/mol. The van der Waals surface area contributed by atoms with Crippen LogP contribution < -0.4 is 15.0 Å². The fourth-order valence-electron chi connectivity index (χ4n) is 5.23. The van der Waals surface area contributed by atoms with Gasteiger partial charge in [-0.1, -0.05) is 52.8 Å². The molecular formula is C29H40N2O3. The molecule has 0 saturated carbocycles. The standard InChI is InChI=1S/C29H40N2O3/c1-9-34-21-13-14-25-24(15-21)20(6)17-29(7,8)31(25)27(33)16-26(32)30-28-22(18(2)3)11-10-12-23(28)19(4)5/h10-15,18-20H,9,16-17H2,1-8H3,(H,30,32). The van der Waals surface area contributed by atoms with Gasteiger partial charge in [0.15, 0.2) is 0 Å². The minimum Gasteiger partial charge on any atom is -0.494 e. The Balaban J connectivity index is 1.89. The number of benzene rings is 2. The van der Waals surface area contributed by atoms with Crippen molar-refractivity contribution in [3.8, 4) is 5.75 Å². The first kappa shape index (κ1) is 25.8. The molecule has 1 aliphatic rings. The normalized spacial score (nSPS) is 17.0. The Morgan fingerprint density at radius 1 is 1.09 bits per heavy atom. The number of rotatable bonds is 7. The summed E-state index contributed by atoms with van der Waals surface area (Å²) >= 11 is 0. The second kappa shape index (κ2) is 10.2. The molecule has 1 atom stereocenters. The Labute approximate surface area is 204 Å². The van der Waals surface area contributed by atoms with Crippen LogP contribution in [0, 0.1) is 0 Å². The highest BCUT2D eigenvalue weighted by atomic mass is 16.5. The van der Waals surface area contributed by atoms with Crippen LogP contribution in [0.4, 0.5) is 11.4 Å². The molecule has 1 N–H and O–H groups in total. The van der Waals surface area contributed by atoms with Gasteiger partial charge >= 0.3 is 0 Å². The SMILES string of the molecule is CCOc1ccc2c(c1)C(C)CC(C)(C)N2C(=O)CC(=O)Nc1c(C(C)C)cccc1C(C)C. The molecule has 0 saturated heterocycles. The molecule has 1 aliphatic heterocycles. The van der Waals surface area contributed by atoms with Crippen LogP contribution >= 0.6 is 0 Å². The topological polar surface area (TPSA) is 58.6 Å². The summed E-state index contributed by atoms with van der Waals surface area (Å²) < 4.78 is 5.69. The van der Waals surface area contributed by atoms with Crippen molar-refractivity contribution >= 4 is 23.2 Å². The minimum atomic E-state index is -0.393. The van der Waals surface area contributed by atoms with Crippen molar-refractivity contribution in [2.75, 3.05) is 16.8 Å². The molecular weight excluding hydrogens is 424 g/mol. The Morgan fingerprint density at radius 2 is 1.71 bits per heavy atom. The zero-order valence-corrected chi connectivity index (χ0v) is 22.0. The molecule has 0 aromatic heterocycles. The molecule has 2 aromatic carbocycles. The molecule has 0 aliphatic carbocycles. The van der Waals surface area contributed by atoms with Crippen molar-refractivity contribution in [3.63, 3.8) is 0 Å². The van der Waals surface area contributed by atoms with E-state index in [1.807, 2.05) is 36.1 Å². The van der Waals surface area contributed by atoms with Gasteiger partial charge in [0, 0.05) is 16.9 Å². The van der Waals surface area contributed by atoms with Crippen molar-refractivity contribution in [2.45, 2.75) is 91.5 Å². The van der Waals surface area contributed by atoms with E-state index in [0.717, 1.165) is 40.2 Å². The second-order valence-corrected chi connectivity index (χ2v) is 10.6. The van der Waals surface area contributed by atoms with E-state index >= 15 is 0 Å². The van der Waals surface area contributed by atoms with E-state index in [1.54, 1.807) is 0 Å². The van der Waals surface area contributed by atoms with Gasteiger partial charge in [-0.25, -0.2) is 0 Å². The highest BCUT2D eigenvalue weighted by Gasteiger charge is 2.40. The summed E-state index contributed by atoms with van der Waals surface area (Å²) in [5.74, 6) is 1.16. The first-order valence-corrected chi connectivity index (χ1v) is 12.5. The zero-order valence-electron chi connectivity index (χ0n) is 22.0. The molecule has 0 bridgehead atoms. The van der Waals surface area contributed by atoms with Crippen LogP contribution in [0.3, 0.4) is 0 Å². The summed E-state index contributed by atoms with van der Waals surface area (Å²) in [6.45, 7) is 17.3. The van der Waals surface area contributed by atoms with Gasteiger partial charge in [0.05, 0.1) is 6.61 Å². The third-order valence-corrected chi connectivity index (χ3v) is 6.69. The van der Waals surface area contributed by atoms with Gasteiger partial charge in [-0.3, -0.25) is 9.59 Å². The lowest BCUT2D eigenvalue weighted by Crippen LogP contribution is -2.52. The van der Waals surface area contributed by atoms with E-state index in [4.69, 9.17) is 4.74 Å². The molecule has 0 radical (unpaired) electrons. The lowest BCUT2D eigenvalue weighted by molar-refractivity contribution is -0.126. The summed E-state index contributed by atoms with van der Waals surface area (Å²) in [6, 6.07) is 12.0. The highest BCUT2D eigenvalue weighted by Crippen LogP contribution is 2.45. The number of amides is 2. The van der Waals surface area contributed by atoms with Crippen LogP contribution in [0.1, 0.15) is 103 Å². The van der Waals surface area contributed by atoms with E-state index < -0.39 is 5.54 Å². The van der Waals surface area contributed by atoms with Gasteiger partial charge in [-0.05, 0) is 79.8 Å². The quantitative estimate of drug-likeness (QED) is 0.450. The number of hydrogen-bond donors (Lipinski definition) is 1. The lowest BCUT2D eigenvalue weighted by Gasteiger charge is -2.46. The Bertz CT molecular complexity index is 1030. The number of nitrogens with zero attached hydrogens (tertiary/aromatic N) is 1. The molecule has 0 spiro atoms. The molecule has 0 fully saturated rings. The minimum absolute atomic E-state index is 0.187. The van der Waals surface area contributed by atoms with Gasteiger partial charge < -0.3 is 15.0 Å². The summed E-state index contributed by atoms with van der Waals surface area (Å²) in [5, 5.41) is 3.09. The van der Waals surface area contributed by atoms with Crippen molar-refractivity contribution in [1.82, 2.24) is 0 Å². The smallest absolute Gasteiger partial charge is 0.236 e. The number of fused-ring (bicyclic) bond motifs is 1. The highest BCUT2D eigenvalue weighted by molar-refractivity contribution is 6.10. The maximum atomic E-state index is 13.6. The lowest BCUT2D eigenvalue weighted by atomic mass is 9.79. The summed E-state index contributed by atoms with van der Waals surface area (Å²) in [4.78, 5) is 28.5. The molecule has 1 unspecified atom stereocenters. The molecule has 34 heavy (non-hydrogen) atoms. The van der Waals surface area contributed by atoms with Crippen LogP contribution in [0.15, 0.2) is 36.4 Å². The third kappa shape index (κ3) is 5.29. The molecule has 1 heterocycles. The Hall–Kier alpha value is -2.82. The van der Waals surface area contributed by atoms with E-state index in [0.29, 0.717) is 6.61 Å². The molecule has 3 rings (SSSR count). The monoisotopic (exact) mass is 464 g/mol. The molecule has 2 amide bonds. The Morgan fingerprint density at radius 3 is 2.26 bits per heavy atom. The predicted octanol–water partition coefficient (Wildman–Crippen LogP) is 6.98. The first-order valence-electron chi connectivity index (χ1n) is 12.5. The van der Waals surface area contributed by atoms with E-state index in [1.165, 1.54) is 0 Å². The van der Waals surface area contributed by atoms with E-state index in [2.05, 4.69) is 65.9 Å². The van der Waals surface area contributed by atoms with Crippen LogP contribution in [0.2, 0.25) is 0 Å². The van der Waals surface area contributed by atoms with Gasteiger partial charge in [-0.2, -0.15) is 0 Å². The summed E-state index contributed by atoms with van der Waals surface area (Å²) in [6.07, 6.45) is 0.616. The number of carbonyl (C=O) groups is 2. The fraction of sp³-hybridized carbons (Fsp3) is 0.517. The Kier molecular flexibility index (Phi) is 7.74. The van der Waals surface area contributed by atoms with Gasteiger partial charge in [-0.15, -0.1) is 0 Å². The number of anilines is 2. The summed E-state index contributed by atoms with van der Waals surface area (Å²) in [7, 11) is 0. The van der Waals surface area contributed by atoms with Crippen LogP contribution in [-0.4, -0.2) is 24.0 Å². The average molecular weight is 465 g/mol.